The molecule has 0 fully saturated rings. The van der Waals surface area contributed by atoms with Crippen LogP contribution < -0.4 is 5.56 Å². The lowest BCUT2D eigenvalue weighted by Crippen LogP contribution is -2.25. The van der Waals surface area contributed by atoms with Gasteiger partial charge in [0.2, 0.25) is 0 Å². The minimum Gasteiger partial charge on any atom is -0.383 e. The third-order valence-electron chi connectivity index (χ3n) is 4.56. The maximum atomic E-state index is 13.0. The largest absolute Gasteiger partial charge is 0.383 e. The number of methoxy groups -OCH3 is 1. The van der Waals surface area contributed by atoms with Crippen molar-refractivity contribution in [2.24, 2.45) is 0 Å². The second kappa shape index (κ2) is 8.71. The quantitative estimate of drug-likeness (QED) is 0.301. The Kier molecular flexibility index (Phi) is 6.06. The molecule has 2 heterocycles. The highest BCUT2D eigenvalue weighted by atomic mass is 35.5. The molecule has 0 atom stereocenters. The summed E-state index contributed by atoms with van der Waals surface area (Å²) in [6.07, 6.45) is 1.75. The van der Waals surface area contributed by atoms with Gasteiger partial charge in [0.25, 0.3) is 5.56 Å². The molecule has 4 rings (SSSR count). The van der Waals surface area contributed by atoms with Gasteiger partial charge in [-0.1, -0.05) is 41.0 Å². The fourth-order valence-corrected chi connectivity index (χ4v) is 4.51. The van der Waals surface area contributed by atoms with Gasteiger partial charge in [0.1, 0.15) is 0 Å². The molecular weight excluding hydrogens is 429 g/mol. The Morgan fingerprint density at radius 2 is 2.00 bits per heavy atom. The van der Waals surface area contributed by atoms with Crippen molar-refractivity contribution in [3.8, 4) is 0 Å². The van der Waals surface area contributed by atoms with E-state index in [1.807, 2.05) is 24.3 Å². The Morgan fingerprint density at radius 3 is 2.83 bits per heavy atom. The van der Waals surface area contributed by atoms with Crippen molar-refractivity contribution in [2.45, 2.75) is 17.5 Å². The van der Waals surface area contributed by atoms with Crippen molar-refractivity contribution >= 4 is 56.8 Å². The van der Waals surface area contributed by atoms with E-state index in [2.05, 4.69) is 4.98 Å². The van der Waals surface area contributed by atoms with E-state index in [0.717, 1.165) is 16.5 Å². The molecule has 0 aliphatic heterocycles. The van der Waals surface area contributed by atoms with Crippen molar-refractivity contribution in [1.82, 2.24) is 14.5 Å². The zero-order chi connectivity index (χ0) is 20.4. The lowest BCUT2D eigenvalue weighted by Gasteiger charge is -2.13. The summed E-state index contributed by atoms with van der Waals surface area (Å²) in [5.41, 5.74) is 2.35. The molecule has 0 aliphatic carbocycles. The van der Waals surface area contributed by atoms with Crippen molar-refractivity contribution < 1.29 is 4.74 Å². The molecule has 0 N–H and O–H groups in total. The van der Waals surface area contributed by atoms with E-state index in [4.69, 9.17) is 32.9 Å². The summed E-state index contributed by atoms with van der Waals surface area (Å²) < 4.78 is 6.83. The molecule has 0 radical (unpaired) electrons. The van der Waals surface area contributed by atoms with Crippen LogP contribution in [0.3, 0.4) is 0 Å². The lowest BCUT2D eigenvalue weighted by atomic mass is 10.1. The van der Waals surface area contributed by atoms with Crippen LogP contribution in [0.1, 0.15) is 5.56 Å². The number of nitrogens with zero attached hydrogens (tertiary/aromatic N) is 3. The molecule has 29 heavy (non-hydrogen) atoms. The highest BCUT2D eigenvalue weighted by Gasteiger charge is 2.14. The Labute approximate surface area is 181 Å². The molecule has 8 heteroatoms. The number of benzene rings is 2. The molecule has 0 aliphatic rings. The van der Waals surface area contributed by atoms with Crippen LogP contribution in [0.4, 0.5) is 0 Å². The van der Waals surface area contributed by atoms with E-state index in [-0.39, 0.29) is 5.56 Å². The van der Waals surface area contributed by atoms with Gasteiger partial charge in [-0.05, 0) is 42.0 Å². The minimum atomic E-state index is -0.106. The number of hydrogen-bond donors (Lipinski definition) is 0. The zero-order valence-electron chi connectivity index (χ0n) is 15.6. The third kappa shape index (κ3) is 4.12. The van der Waals surface area contributed by atoms with Gasteiger partial charge in [0, 0.05) is 34.5 Å². The predicted molar refractivity (Wildman–Crippen MR) is 119 cm³/mol. The maximum Gasteiger partial charge on any atom is 0.262 e. The van der Waals surface area contributed by atoms with E-state index >= 15 is 0 Å². The van der Waals surface area contributed by atoms with E-state index in [9.17, 15) is 4.79 Å². The fraction of sp³-hybridized carbons (Fsp3) is 0.190. The SMILES string of the molecule is COCCn1c(SCc2ccc(Cl)c3cccnc23)nc2cc(Cl)ccc2c1=O. The number of thioether (sulfide) groups is 1. The normalized spacial score (nSPS) is 11.4. The molecule has 0 saturated carbocycles. The van der Waals surface area contributed by atoms with Crippen LogP contribution in [-0.4, -0.2) is 28.3 Å². The van der Waals surface area contributed by atoms with Crippen LogP contribution in [0, 0.1) is 0 Å². The van der Waals surface area contributed by atoms with Gasteiger partial charge < -0.3 is 4.74 Å². The molecule has 2 aromatic heterocycles. The van der Waals surface area contributed by atoms with Crippen LogP contribution in [0.25, 0.3) is 21.8 Å². The van der Waals surface area contributed by atoms with Crippen LogP contribution >= 0.6 is 35.0 Å². The number of pyridine rings is 1. The minimum absolute atomic E-state index is 0.106. The van der Waals surface area contributed by atoms with Gasteiger partial charge in [0.05, 0.1) is 29.6 Å². The molecule has 0 spiro atoms. The van der Waals surface area contributed by atoms with Crippen molar-refractivity contribution in [1.29, 1.82) is 0 Å². The van der Waals surface area contributed by atoms with E-state index in [0.29, 0.717) is 45.0 Å². The smallest absolute Gasteiger partial charge is 0.262 e. The van der Waals surface area contributed by atoms with E-state index < -0.39 is 0 Å². The van der Waals surface area contributed by atoms with Gasteiger partial charge in [-0.25, -0.2) is 4.98 Å². The first-order chi connectivity index (χ1) is 14.1. The standard InChI is InChI=1S/C21H17Cl2N3O2S/c1-28-10-9-26-20(27)16-6-5-14(22)11-18(16)25-21(26)29-12-13-4-7-17(23)15-3-2-8-24-19(13)15/h2-8,11H,9-10,12H2,1H3. The second-order valence-corrected chi connectivity index (χ2v) is 8.19. The average molecular weight is 446 g/mol. The highest BCUT2D eigenvalue weighted by molar-refractivity contribution is 7.98. The molecule has 0 amide bonds. The van der Waals surface area contributed by atoms with Gasteiger partial charge in [-0.15, -0.1) is 0 Å². The first-order valence-electron chi connectivity index (χ1n) is 8.92. The summed E-state index contributed by atoms with van der Waals surface area (Å²) in [6, 6.07) is 12.8. The zero-order valence-corrected chi connectivity index (χ0v) is 17.9. The maximum absolute atomic E-state index is 13.0. The Balaban J connectivity index is 1.75. The van der Waals surface area contributed by atoms with Gasteiger partial charge in [-0.2, -0.15) is 0 Å². The van der Waals surface area contributed by atoms with Crippen LogP contribution in [0.15, 0.2) is 58.6 Å². The Bertz CT molecular complexity index is 1260. The summed E-state index contributed by atoms with van der Waals surface area (Å²) >= 11 is 13.9. The monoisotopic (exact) mass is 445 g/mol. The van der Waals surface area contributed by atoms with E-state index in [1.165, 1.54) is 11.8 Å². The van der Waals surface area contributed by atoms with Crippen LogP contribution in [0.2, 0.25) is 10.0 Å². The van der Waals surface area contributed by atoms with E-state index in [1.54, 1.807) is 36.1 Å². The summed E-state index contributed by atoms with van der Waals surface area (Å²) in [4.78, 5) is 22.2. The average Bonchev–Trinajstić information content (AvgIpc) is 2.73. The lowest BCUT2D eigenvalue weighted by molar-refractivity contribution is 0.183. The topological polar surface area (TPSA) is 57.0 Å². The fourth-order valence-electron chi connectivity index (χ4n) is 3.12. The van der Waals surface area contributed by atoms with Crippen molar-refractivity contribution in [2.75, 3.05) is 13.7 Å². The Hall–Kier alpha value is -2.12. The van der Waals surface area contributed by atoms with Gasteiger partial charge in [-0.3, -0.25) is 14.3 Å². The number of hydrogen-bond acceptors (Lipinski definition) is 5. The molecular formula is C21H17Cl2N3O2S. The van der Waals surface area contributed by atoms with Crippen molar-refractivity contribution in [3.63, 3.8) is 0 Å². The first kappa shape index (κ1) is 20.2. The number of aromatic nitrogens is 3. The molecule has 4 aromatic rings. The molecule has 148 valence electrons. The number of fused-ring (bicyclic) bond motifs is 2. The highest BCUT2D eigenvalue weighted by Crippen LogP contribution is 2.29. The molecule has 0 saturated heterocycles. The van der Waals surface area contributed by atoms with Gasteiger partial charge >= 0.3 is 0 Å². The Morgan fingerprint density at radius 1 is 1.14 bits per heavy atom. The molecule has 0 unspecified atom stereocenters. The molecule has 5 nitrogen and oxygen atoms in total. The first-order valence-corrected chi connectivity index (χ1v) is 10.7. The summed E-state index contributed by atoms with van der Waals surface area (Å²) in [5, 5.41) is 3.26. The molecule has 2 aromatic carbocycles. The van der Waals surface area contributed by atoms with Gasteiger partial charge in [0.15, 0.2) is 5.16 Å². The summed E-state index contributed by atoms with van der Waals surface area (Å²) in [7, 11) is 1.61. The number of rotatable bonds is 6. The number of ether oxygens (including phenoxy) is 1. The van der Waals surface area contributed by atoms with Crippen LogP contribution in [0.5, 0.6) is 0 Å². The predicted octanol–water partition coefficient (Wildman–Crippen LogP) is 5.19. The summed E-state index contributed by atoms with van der Waals surface area (Å²) in [5.74, 6) is 0.593. The van der Waals surface area contributed by atoms with Crippen LogP contribution in [-0.2, 0) is 17.0 Å². The molecule has 0 bridgehead atoms. The summed E-state index contributed by atoms with van der Waals surface area (Å²) in [6.45, 7) is 0.836. The van der Waals surface area contributed by atoms with Crippen molar-refractivity contribution in [3.05, 3.63) is 74.6 Å². The third-order valence-corrected chi connectivity index (χ3v) is 6.15. The number of halogens is 2. The second-order valence-electron chi connectivity index (χ2n) is 6.40.